The first-order chi connectivity index (χ1) is 7.42. The van der Waals surface area contributed by atoms with Gasteiger partial charge in [0.25, 0.3) is 0 Å². The molecule has 0 aliphatic carbocycles. The van der Waals surface area contributed by atoms with Crippen LogP contribution in [0.1, 0.15) is 20.3 Å². The molecule has 0 aromatic rings. The van der Waals surface area contributed by atoms with Crippen molar-refractivity contribution in [2.75, 3.05) is 12.8 Å². The van der Waals surface area contributed by atoms with Crippen molar-refractivity contribution in [1.29, 1.82) is 0 Å². The number of likely N-dealkylation sites (N-methyl/N-ethyl adjacent to an activating group) is 1. The molecule has 0 spiro atoms. The molecule has 5 nitrogen and oxygen atoms in total. The van der Waals surface area contributed by atoms with Crippen molar-refractivity contribution in [3.05, 3.63) is 0 Å². The fraction of sp³-hybridized carbons (Fsp3) is 0.800. The predicted octanol–water partition coefficient (Wildman–Crippen LogP) is -0.446. The van der Waals surface area contributed by atoms with Crippen LogP contribution in [0.5, 0.6) is 0 Å². The summed E-state index contributed by atoms with van der Waals surface area (Å²) in [4.78, 5) is 22.8. The highest BCUT2D eigenvalue weighted by Gasteiger charge is 2.20. The first kappa shape index (κ1) is 15.2. The van der Waals surface area contributed by atoms with Crippen LogP contribution in [-0.4, -0.2) is 41.9 Å². The smallest absolute Gasteiger partial charge is 0.242 e. The van der Waals surface area contributed by atoms with Gasteiger partial charge in [-0.05, 0) is 13.3 Å². The van der Waals surface area contributed by atoms with Crippen LogP contribution in [0.2, 0.25) is 0 Å². The number of amides is 2. The normalized spacial score (nSPS) is 16.1. The maximum Gasteiger partial charge on any atom is 0.242 e. The lowest BCUT2D eigenvalue weighted by Crippen LogP contribution is -2.45. The summed E-state index contributed by atoms with van der Waals surface area (Å²) in [5.74, 6) is -0.496. The molecule has 0 aromatic carbocycles. The Hall–Kier alpha value is -0.750. The minimum Gasteiger partial charge on any atom is -0.392 e. The van der Waals surface area contributed by atoms with E-state index in [1.807, 2.05) is 0 Å². The second kappa shape index (κ2) is 7.51. The lowest BCUT2D eigenvalue weighted by atomic mass is 10.0. The Labute approximate surface area is 101 Å². The molecule has 6 heteroatoms. The van der Waals surface area contributed by atoms with Gasteiger partial charge >= 0.3 is 0 Å². The van der Waals surface area contributed by atoms with Gasteiger partial charge in [0, 0.05) is 18.7 Å². The number of thiol groups is 1. The molecule has 0 heterocycles. The number of carbonyl (C=O) groups excluding carboxylic acids is 2. The van der Waals surface area contributed by atoms with E-state index in [0.717, 1.165) is 0 Å². The van der Waals surface area contributed by atoms with Gasteiger partial charge in [-0.15, -0.1) is 0 Å². The van der Waals surface area contributed by atoms with Crippen molar-refractivity contribution in [2.24, 2.45) is 5.92 Å². The van der Waals surface area contributed by atoms with E-state index < -0.39 is 12.1 Å². The maximum atomic E-state index is 11.6. The molecule has 0 fully saturated rings. The van der Waals surface area contributed by atoms with Crippen LogP contribution in [0.3, 0.4) is 0 Å². The van der Waals surface area contributed by atoms with E-state index in [-0.39, 0.29) is 17.7 Å². The maximum absolute atomic E-state index is 11.6. The standard InChI is InChI=1S/C10H20N2O3S/c1-6(4-8(13)5-16)9(14)12-7(2)10(15)11-3/h6-8,13,16H,4-5H2,1-3H3,(H,11,15)(H,12,14)/t6-,7+,8+/m1/s1. The number of rotatable bonds is 6. The van der Waals surface area contributed by atoms with Crippen molar-refractivity contribution >= 4 is 24.4 Å². The minimum absolute atomic E-state index is 0.239. The molecular weight excluding hydrogens is 228 g/mol. The largest absolute Gasteiger partial charge is 0.392 e. The first-order valence-corrected chi connectivity index (χ1v) is 5.86. The lowest BCUT2D eigenvalue weighted by molar-refractivity contribution is -0.130. The van der Waals surface area contributed by atoms with Gasteiger partial charge in [-0.2, -0.15) is 12.6 Å². The van der Waals surface area contributed by atoms with E-state index in [1.165, 1.54) is 7.05 Å². The quantitative estimate of drug-likeness (QED) is 0.481. The summed E-state index contributed by atoms with van der Waals surface area (Å²) in [6.45, 7) is 3.32. The highest BCUT2D eigenvalue weighted by atomic mass is 32.1. The van der Waals surface area contributed by atoms with Crippen LogP contribution >= 0.6 is 12.6 Å². The second-order valence-corrected chi connectivity index (χ2v) is 4.18. The monoisotopic (exact) mass is 248 g/mol. The van der Waals surface area contributed by atoms with Crippen molar-refractivity contribution in [3.8, 4) is 0 Å². The minimum atomic E-state index is -0.598. The van der Waals surface area contributed by atoms with Crippen LogP contribution in [0.4, 0.5) is 0 Å². The van der Waals surface area contributed by atoms with E-state index in [4.69, 9.17) is 0 Å². The molecule has 0 aromatic heterocycles. The van der Waals surface area contributed by atoms with E-state index in [0.29, 0.717) is 12.2 Å². The molecule has 3 atom stereocenters. The van der Waals surface area contributed by atoms with Gasteiger partial charge in [-0.1, -0.05) is 6.92 Å². The van der Waals surface area contributed by atoms with Gasteiger partial charge in [0.05, 0.1) is 6.10 Å². The Balaban J connectivity index is 4.10. The zero-order valence-electron chi connectivity index (χ0n) is 9.86. The molecule has 0 saturated heterocycles. The summed E-state index contributed by atoms with van der Waals surface area (Å²) in [5.41, 5.74) is 0. The number of nitrogens with one attached hydrogen (secondary N) is 2. The van der Waals surface area contributed by atoms with E-state index in [2.05, 4.69) is 23.3 Å². The number of hydrogen-bond acceptors (Lipinski definition) is 4. The summed E-state index contributed by atoms with van der Waals surface area (Å²) in [7, 11) is 1.51. The third-order valence-corrected chi connectivity index (χ3v) is 2.70. The molecule has 94 valence electrons. The zero-order chi connectivity index (χ0) is 12.7. The molecular formula is C10H20N2O3S. The first-order valence-electron chi connectivity index (χ1n) is 5.23. The molecule has 0 bridgehead atoms. The summed E-state index contributed by atoms with van der Waals surface area (Å²) in [5, 5.41) is 14.3. The van der Waals surface area contributed by atoms with Gasteiger partial charge in [0.1, 0.15) is 6.04 Å². The van der Waals surface area contributed by atoms with Gasteiger partial charge in [0.2, 0.25) is 11.8 Å². The molecule has 0 radical (unpaired) electrons. The van der Waals surface area contributed by atoms with E-state index in [1.54, 1.807) is 13.8 Å². The third-order valence-electron chi connectivity index (χ3n) is 2.28. The summed E-state index contributed by atoms with van der Waals surface area (Å²) < 4.78 is 0. The van der Waals surface area contributed by atoms with Crippen LogP contribution in [-0.2, 0) is 9.59 Å². The van der Waals surface area contributed by atoms with Crippen LogP contribution in [0, 0.1) is 5.92 Å². The van der Waals surface area contributed by atoms with Gasteiger partial charge < -0.3 is 15.7 Å². The molecule has 0 aliphatic heterocycles. The third kappa shape index (κ3) is 5.37. The van der Waals surface area contributed by atoms with Gasteiger partial charge in [-0.25, -0.2) is 0 Å². The Morgan fingerprint density at radius 3 is 2.31 bits per heavy atom. The predicted molar refractivity (Wildman–Crippen MR) is 65.3 cm³/mol. The molecule has 0 rings (SSSR count). The summed E-state index contributed by atoms with van der Waals surface area (Å²) in [6.07, 6.45) is -0.255. The number of aliphatic hydroxyl groups excluding tert-OH is 1. The zero-order valence-corrected chi connectivity index (χ0v) is 10.8. The number of aliphatic hydroxyl groups is 1. The van der Waals surface area contributed by atoms with Crippen LogP contribution in [0.15, 0.2) is 0 Å². The molecule has 16 heavy (non-hydrogen) atoms. The van der Waals surface area contributed by atoms with E-state index in [9.17, 15) is 14.7 Å². The van der Waals surface area contributed by atoms with Crippen LogP contribution in [0.25, 0.3) is 0 Å². The fourth-order valence-corrected chi connectivity index (χ4v) is 1.38. The highest BCUT2D eigenvalue weighted by Crippen LogP contribution is 2.07. The fourth-order valence-electron chi connectivity index (χ4n) is 1.23. The Bertz CT molecular complexity index is 248. The summed E-state index contributed by atoms with van der Waals surface area (Å²) >= 11 is 3.93. The summed E-state index contributed by atoms with van der Waals surface area (Å²) in [6, 6.07) is -0.562. The van der Waals surface area contributed by atoms with Crippen molar-refractivity contribution in [2.45, 2.75) is 32.4 Å². The van der Waals surface area contributed by atoms with Crippen molar-refractivity contribution < 1.29 is 14.7 Å². The molecule has 0 saturated carbocycles. The van der Waals surface area contributed by atoms with Gasteiger partial charge in [-0.3, -0.25) is 9.59 Å². The lowest BCUT2D eigenvalue weighted by Gasteiger charge is -2.18. The van der Waals surface area contributed by atoms with Crippen LogP contribution < -0.4 is 10.6 Å². The molecule has 0 aliphatic rings. The Morgan fingerprint density at radius 2 is 1.88 bits per heavy atom. The number of hydrogen-bond donors (Lipinski definition) is 4. The Morgan fingerprint density at radius 1 is 1.31 bits per heavy atom. The molecule has 2 amide bonds. The average Bonchev–Trinajstić information content (AvgIpc) is 2.27. The Kier molecular flexibility index (Phi) is 7.16. The number of carbonyl (C=O) groups is 2. The average molecular weight is 248 g/mol. The molecule has 3 N–H and O–H groups in total. The SMILES string of the molecule is CNC(=O)[C@H](C)NC(=O)[C@H](C)C[C@H](O)CS. The highest BCUT2D eigenvalue weighted by molar-refractivity contribution is 7.80. The van der Waals surface area contributed by atoms with Crippen molar-refractivity contribution in [3.63, 3.8) is 0 Å². The van der Waals surface area contributed by atoms with Crippen molar-refractivity contribution in [1.82, 2.24) is 10.6 Å². The topological polar surface area (TPSA) is 78.4 Å². The van der Waals surface area contributed by atoms with Gasteiger partial charge in [0.15, 0.2) is 0 Å². The molecule has 0 unspecified atom stereocenters. The second-order valence-electron chi connectivity index (χ2n) is 3.82. The van der Waals surface area contributed by atoms with E-state index >= 15 is 0 Å².